The van der Waals surface area contributed by atoms with E-state index in [0.717, 1.165) is 36.1 Å². The molecule has 0 aliphatic carbocycles. The third-order valence-corrected chi connectivity index (χ3v) is 4.37. The van der Waals surface area contributed by atoms with Gasteiger partial charge in [0.05, 0.1) is 12.2 Å². The van der Waals surface area contributed by atoms with Crippen molar-refractivity contribution in [3.8, 4) is 0 Å². The van der Waals surface area contributed by atoms with E-state index in [-0.39, 0.29) is 0 Å². The highest BCUT2D eigenvalue weighted by Crippen LogP contribution is 2.25. The molecule has 122 valence electrons. The molecule has 0 saturated carbocycles. The maximum absolute atomic E-state index is 4.75. The van der Waals surface area contributed by atoms with Crippen LogP contribution in [-0.4, -0.2) is 27.5 Å². The molecule has 3 heterocycles. The first-order chi connectivity index (χ1) is 11.3. The summed E-state index contributed by atoms with van der Waals surface area (Å²) in [6.45, 7) is 6.01. The van der Waals surface area contributed by atoms with Gasteiger partial charge in [-0.3, -0.25) is 4.98 Å². The standard InChI is InChI=1S/C18H25N5/c1-3-16-9-5-7-11-23(16)18-21-14(2)12-17(22-18)20-13-15-8-4-6-10-19-15/h4,6,8,10,12,16H,3,5,7,9,11,13H2,1-2H3,(H,20,21,22). The van der Waals surface area contributed by atoms with E-state index in [1.54, 1.807) is 0 Å². The minimum Gasteiger partial charge on any atom is -0.364 e. The molecular formula is C18H25N5. The molecule has 1 N–H and O–H groups in total. The van der Waals surface area contributed by atoms with Crippen molar-refractivity contribution in [2.45, 2.75) is 52.1 Å². The highest BCUT2D eigenvalue weighted by molar-refractivity contribution is 5.44. The van der Waals surface area contributed by atoms with Crippen molar-refractivity contribution in [1.82, 2.24) is 15.0 Å². The van der Waals surface area contributed by atoms with E-state index in [1.165, 1.54) is 19.3 Å². The molecule has 2 aromatic rings. The fourth-order valence-electron chi connectivity index (χ4n) is 3.14. The van der Waals surface area contributed by atoms with Crippen molar-refractivity contribution in [2.24, 2.45) is 0 Å². The summed E-state index contributed by atoms with van der Waals surface area (Å²) in [6, 6.07) is 8.50. The summed E-state index contributed by atoms with van der Waals surface area (Å²) in [5.41, 5.74) is 2.01. The molecule has 23 heavy (non-hydrogen) atoms. The third-order valence-electron chi connectivity index (χ3n) is 4.37. The second-order valence-electron chi connectivity index (χ2n) is 6.12. The Bertz CT molecular complexity index is 629. The van der Waals surface area contributed by atoms with Crippen LogP contribution in [0.2, 0.25) is 0 Å². The van der Waals surface area contributed by atoms with Gasteiger partial charge in [-0.15, -0.1) is 0 Å². The molecule has 0 aromatic carbocycles. The molecule has 1 atom stereocenters. The molecule has 2 aromatic heterocycles. The second-order valence-corrected chi connectivity index (χ2v) is 6.12. The molecule has 1 saturated heterocycles. The lowest BCUT2D eigenvalue weighted by atomic mass is 10.0. The van der Waals surface area contributed by atoms with E-state index in [2.05, 4.69) is 27.1 Å². The quantitative estimate of drug-likeness (QED) is 0.915. The normalized spacial score (nSPS) is 18.0. The zero-order valence-corrected chi connectivity index (χ0v) is 14.0. The van der Waals surface area contributed by atoms with Crippen LogP contribution in [0.25, 0.3) is 0 Å². The zero-order chi connectivity index (χ0) is 16.1. The average molecular weight is 311 g/mol. The van der Waals surface area contributed by atoms with E-state index >= 15 is 0 Å². The summed E-state index contributed by atoms with van der Waals surface area (Å²) < 4.78 is 0. The van der Waals surface area contributed by atoms with Crippen LogP contribution in [-0.2, 0) is 6.54 Å². The summed E-state index contributed by atoms with van der Waals surface area (Å²) >= 11 is 0. The predicted octanol–water partition coefficient (Wildman–Crippen LogP) is 3.56. The van der Waals surface area contributed by atoms with Crippen LogP contribution in [0.15, 0.2) is 30.5 Å². The van der Waals surface area contributed by atoms with E-state index in [1.807, 2.05) is 37.4 Å². The number of hydrogen-bond acceptors (Lipinski definition) is 5. The van der Waals surface area contributed by atoms with Crippen molar-refractivity contribution in [2.75, 3.05) is 16.8 Å². The van der Waals surface area contributed by atoms with Crippen LogP contribution in [0.1, 0.15) is 44.0 Å². The molecular weight excluding hydrogens is 286 g/mol. The van der Waals surface area contributed by atoms with Crippen molar-refractivity contribution in [1.29, 1.82) is 0 Å². The Balaban J connectivity index is 1.76. The smallest absolute Gasteiger partial charge is 0.227 e. The molecule has 0 amide bonds. The Hall–Kier alpha value is -2.17. The first-order valence-electron chi connectivity index (χ1n) is 8.52. The van der Waals surface area contributed by atoms with Crippen LogP contribution in [0.5, 0.6) is 0 Å². The van der Waals surface area contributed by atoms with Gasteiger partial charge in [0.15, 0.2) is 0 Å². The Morgan fingerprint density at radius 1 is 1.26 bits per heavy atom. The van der Waals surface area contributed by atoms with Gasteiger partial charge in [-0.25, -0.2) is 4.98 Å². The molecule has 3 rings (SSSR count). The first-order valence-corrected chi connectivity index (χ1v) is 8.52. The lowest BCUT2D eigenvalue weighted by Gasteiger charge is -2.35. The Kier molecular flexibility index (Phi) is 5.05. The van der Waals surface area contributed by atoms with Crippen molar-refractivity contribution >= 4 is 11.8 Å². The monoisotopic (exact) mass is 311 g/mol. The zero-order valence-electron chi connectivity index (χ0n) is 14.0. The molecule has 5 heteroatoms. The van der Waals surface area contributed by atoms with Crippen LogP contribution < -0.4 is 10.2 Å². The summed E-state index contributed by atoms with van der Waals surface area (Å²) in [5, 5.41) is 3.37. The average Bonchev–Trinajstić information content (AvgIpc) is 2.60. The number of rotatable bonds is 5. The number of aromatic nitrogens is 3. The van der Waals surface area contributed by atoms with Crippen LogP contribution in [0, 0.1) is 6.92 Å². The molecule has 0 bridgehead atoms. The highest BCUT2D eigenvalue weighted by atomic mass is 15.3. The fourth-order valence-corrected chi connectivity index (χ4v) is 3.14. The van der Waals surface area contributed by atoms with Gasteiger partial charge in [-0.2, -0.15) is 4.98 Å². The van der Waals surface area contributed by atoms with Gasteiger partial charge in [-0.1, -0.05) is 13.0 Å². The van der Waals surface area contributed by atoms with Crippen LogP contribution in [0.3, 0.4) is 0 Å². The van der Waals surface area contributed by atoms with Gasteiger partial charge >= 0.3 is 0 Å². The van der Waals surface area contributed by atoms with E-state index in [0.29, 0.717) is 12.6 Å². The number of anilines is 2. The molecule has 0 radical (unpaired) electrons. The van der Waals surface area contributed by atoms with Gasteiger partial charge in [0, 0.05) is 30.5 Å². The van der Waals surface area contributed by atoms with Gasteiger partial charge < -0.3 is 10.2 Å². The molecule has 1 unspecified atom stereocenters. The van der Waals surface area contributed by atoms with Gasteiger partial charge in [0.25, 0.3) is 0 Å². The van der Waals surface area contributed by atoms with Gasteiger partial charge in [0.2, 0.25) is 5.95 Å². The van der Waals surface area contributed by atoms with Crippen LogP contribution in [0.4, 0.5) is 11.8 Å². The van der Waals surface area contributed by atoms with E-state index in [4.69, 9.17) is 4.98 Å². The minimum atomic E-state index is 0.564. The summed E-state index contributed by atoms with van der Waals surface area (Å²) in [6.07, 6.45) is 6.74. The molecule has 1 aliphatic rings. The maximum atomic E-state index is 4.75. The Morgan fingerprint density at radius 3 is 2.96 bits per heavy atom. The summed E-state index contributed by atoms with van der Waals surface area (Å²) in [4.78, 5) is 16.1. The number of pyridine rings is 1. The van der Waals surface area contributed by atoms with E-state index < -0.39 is 0 Å². The minimum absolute atomic E-state index is 0.564. The Morgan fingerprint density at radius 2 is 2.17 bits per heavy atom. The summed E-state index contributed by atoms with van der Waals surface area (Å²) in [7, 11) is 0. The fraction of sp³-hybridized carbons (Fsp3) is 0.500. The number of nitrogens with one attached hydrogen (secondary N) is 1. The summed E-state index contributed by atoms with van der Waals surface area (Å²) in [5.74, 6) is 1.73. The lowest BCUT2D eigenvalue weighted by Crippen LogP contribution is -2.40. The molecule has 1 aliphatic heterocycles. The van der Waals surface area contributed by atoms with Crippen molar-refractivity contribution < 1.29 is 0 Å². The van der Waals surface area contributed by atoms with Crippen LogP contribution >= 0.6 is 0 Å². The van der Waals surface area contributed by atoms with Crippen molar-refractivity contribution in [3.63, 3.8) is 0 Å². The predicted molar refractivity (Wildman–Crippen MR) is 93.6 cm³/mol. The number of piperidine rings is 1. The van der Waals surface area contributed by atoms with E-state index in [9.17, 15) is 0 Å². The lowest BCUT2D eigenvalue weighted by molar-refractivity contribution is 0.443. The number of nitrogens with zero attached hydrogens (tertiary/aromatic N) is 4. The van der Waals surface area contributed by atoms with Gasteiger partial charge in [0.1, 0.15) is 5.82 Å². The SMILES string of the molecule is CCC1CCCCN1c1nc(C)cc(NCc2ccccn2)n1. The largest absolute Gasteiger partial charge is 0.364 e. The highest BCUT2D eigenvalue weighted by Gasteiger charge is 2.23. The number of hydrogen-bond donors (Lipinski definition) is 1. The number of aryl methyl sites for hydroxylation is 1. The Labute approximate surface area is 138 Å². The molecule has 0 spiro atoms. The molecule has 1 fully saturated rings. The molecule has 5 nitrogen and oxygen atoms in total. The topological polar surface area (TPSA) is 53.9 Å². The second kappa shape index (κ2) is 7.40. The van der Waals surface area contributed by atoms with Crippen molar-refractivity contribution in [3.05, 3.63) is 41.9 Å². The first kappa shape index (κ1) is 15.7. The third kappa shape index (κ3) is 3.97. The van der Waals surface area contributed by atoms with Gasteiger partial charge in [-0.05, 0) is 44.7 Å². The maximum Gasteiger partial charge on any atom is 0.227 e.